The molecule has 1 nitrogen and oxygen atoms in total. The van der Waals surface area contributed by atoms with Crippen molar-refractivity contribution in [2.24, 2.45) is 0 Å². The van der Waals surface area contributed by atoms with E-state index in [4.69, 9.17) is 5.11 Å². The molecule has 0 amide bonds. The summed E-state index contributed by atoms with van der Waals surface area (Å²) >= 11 is 0. The number of rotatable bonds is 15. The summed E-state index contributed by atoms with van der Waals surface area (Å²) in [5.41, 5.74) is 0. The van der Waals surface area contributed by atoms with Gasteiger partial charge in [0.25, 0.3) is 0 Å². The van der Waals surface area contributed by atoms with Gasteiger partial charge in [0.1, 0.15) is 0 Å². The zero-order chi connectivity index (χ0) is 14.0. The average Bonchev–Trinajstić information content (AvgIpc) is 2.43. The number of hydrogen-bond acceptors (Lipinski definition) is 1. The van der Waals surface area contributed by atoms with Crippen LogP contribution in [0.2, 0.25) is 0 Å². The summed E-state index contributed by atoms with van der Waals surface area (Å²) in [6, 6.07) is 0. The summed E-state index contributed by atoms with van der Waals surface area (Å²) in [5, 5.41) is 8.65. The summed E-state index contributed by atoms with van der Waals surface area (Å²) in [6.45, 7) is 2.62. The van der Waals surface area contributed by atoms with Gasteiger partial charge in [0.15, 0.2) is 0 Å². The van der Waals surface area contributed by atoms with Crippen LogP contribution in [0, 0.1) is 0 Å². The van der Waals surface area contributed by atoms with E-state index in [1.54, 1.807) is 0 Å². The van der Waals surface area contributed by atoms with Crippen LogP contribution < -0.4 is 0 Å². The monoisotopic (exact) mass is 268 g/mol. The first-order valence-corrected chi connectivity index (χ1v) is 8.67. The molecule has 1 heteroatoms. The molecule has 0 radical (unpaired) electrons. The van der Waals surface area contributed by atoms with E-state index in [0.717, 1.165) is 19.3 Å². The van der Waals surface area contributed by atoms with Crippen molar-refractivity contribution in [2.45, 2.75) is 96.8 Å². The molecule has 0 saturated carbocycles. The molecule has 0 unspecified atom stereocenters. The van der Waals surface area contributed by atoms with Gasteiger partial charge in [-0.1, -0.05) is 76.9 Å². The third-order valence-electron chi connectivity index (χ3n) is 3.67. The van der Waals surface area contributed by atoms with Crippen LogP contribution in [-0.4, -0.2) is 11.7 Å². The summed E-state index contributed by atoms with van der Waals surface area (Å²) in [7, 11) is 0. The first-order chi connectivity index (χ1) is 9.41. The highest BCUT2D eigenvalue weighted by molar-refractivity contribution is 4.81. The van der Waals surface area contributed by atoms with E-state index in [1.807, 2.05) is 0 Å². The molecule has 0 aliphatic rings. The molecule has 0 spiro atoms. The number of aliphatic hydroxyl groups is 1. The predicted octanol–water partition coefficient (Wildman–Crippen LogP) is 6.02. The molecule has 0 aromatic carbocycles. The van der Waals surface area contributed by atoms with Crippen LogP contribution in [0.5, 0.6) is 0 Å². The van der Waals surface area contributed by atoms with Crippen molar-refractivity contribution >= 4 is 0 Å². The lowest BCUT2D eigenvalue weighted by molar-refractivity contribution is 0.285. The number of unbranched alkanes of at least 4 members (excludes halogenated alkanes) is 12. The number of hydrogen-bond donors (Lipinski definition) is 1. The molecule has 0 fully saturated rings. The Morgan fingerprint density at radius 1 is 0.579 bits per heavy atom. The van der Waals surface area contributed by atoms with Crippen molar-refractivity contribution in [3.63, 3.8) is 0 Å². The maximum atomic E-state index is 8.65. The molecule has 0 aromatic rings. The Hall–Kier alpha value is -0.300. The third kappa shape index (κ3) is 17.7. The fraction of sp³-hybridized carbons (Fsp3) is 0.889. The van der Waals surface area contributed by atoms with E-state index < -0.39 is 0 Å². The SMILES string of the molecule is CCCCCCCCCCCC/C=C\CCCCO. The summed E-state index contributed by atoms with van der Waals surface area (Å²) in [4.78, 5) is 0. The Morgan fingerprint density at radius 3 is 1.47 bits per heavy atom. The van der Waals surface area contributed by atoms with E-state index in [2.05, 4.69) is 19.1 Å². The molecular formula is C18H36O. The predicted molar refractivity (Wildman–Crippen MR) is 86.5 cm³/mol. The van der Waals surface area contributed by atoms with Crippen molar-refractivity contribution < 1.29 is 5.11 Å². The molecule has 0 atom stereocenters. The van der Waals surface area contributed by atoms with Crippen LogP contribution in [0.1, 0.15) is 96.8 Å². The van der Waals surface area contributed by atoms with Gasteiger partial charge in [0.2, 0.25) is 0 Å². The van der Waals surface area contributed by atoms with Gasteiger partial charge >= 0.3 is 0 Å². The van der Waals surface area contributed by atoms with Crippen molar-refractivity contribution in [2.75, 3.05) is 6.61 Å². The van der Waals surface area contributed by atoms with Gasteiger partial charge < -0.3 is 5.11 Å². The van der Waals surface area contributed by atoms with Crippen LogP contribution in [0.15, 0.2) is 12.2 Å². The maximum absolute atomic E-state index is 8.65. The first-order valence-electron chi connectivity index (χ1n) is 8.67. The molecule has 0 aromatic heterocycles. The van der Waals surface area contributed by atoms with Gasteiger partial charge in [-0.2, -0.15) is 0 Å². The topological polar surface area (TPSA) is 20.2 Å². The Labute approximate surface area is 121 Å². The number of aliphatic hydroxyl groups excluding tert-OH is 1. The van der Waals surface area contributed by atoms with Crippen molar-refractivity contribution in [1.82, 2.24) is 0 Å². The molecule has 0 rings (SSSR count). The van der Waals surface area contributed by atoms with E-state index in [9.17, 15) is 0 Å². The Bertz CT molecular complexity index is 175. The van der Waals surface area contributed by atoms with E-state index in [1.165, 1.54) is 70.6 Å². The number of allylic oxidation sites excluding steroid dienone is 2. The van der Waals surface area contributed by atoms with Gasteiger partial charge in [-0.05, 0) is 32.1 Å². The molecule has 0 heterocycles. The third-order valence-corrected chi connectivity index (χ3v) is 3.67. The minimum Gasteiger partial charge on any atom is -0.396 e. The highest BCUT2D eigenvalue weighted by atomic mass is 16.2. The molecule has 1 N–H and O–H groups in total. The van der Waals surface area contributed by atoms with Gasteiger partial charge in [0, 0.05) is 6.61 Å². The second kappa shape index (κ2) is 17.7. The Morgan fingerprint density at radius 2 is 1.00 bits per heavy atom. The minimum atomic E-state index is 0.340. The van der Waals surface area contributed by atoms with Crippen LogP contribution in [0.4, 0.5) is 0 Å². The van der Waals surface area contributed by atoms with Crippen LogP contribution in [0.3, 0.4) is 0 Å². The molecule has 0 aliphatic carbocycles. The second-order valence-electron chi connectivity index (χ2n) is 5.66. The Kier molecular flexibility index (Phi) is 17.4. The molecular weight excluding hydrogens is 232 g/mol. The minimum absolute atomic E-state index is 0.340. The zero-order valence-electron chi connectivity index (χ0n) is 13.2. The van der Waals surface area contributed by atoms with E-state index >= 15 is 0 Å². The van der Waals surface area contributed by atoms with Crippen LogP contribution in [-0.2, 0) is 0 Å². The molecule has 0 saturated heterocycles. The van der Waals surface area contributed by atoms with E-state index in [-0.39, 0.29) is 0 Å². The fourth-order valence-corrected chi connectivity index (χ4v) is 2.36. The normalized spacial score (nSPS) is 11.5. The smallest absolute Gasteiger partial charge is 0.0431 e. The lowest BCUT2D eigenvalue weighted by Crippen LogP contribution is -1.82. The zero-order valence-corrected chi connectivity index (χ0v) is 13.2. The first kappa shape index (κ1) is 18.7. The molecule has 114 valence electrons. The molecule has 0 bridgehead atoms. The highest BCUT2D eigenvalue weighted by Crippen LogP contribution is 2.11. The largest absolute Gasteiger partial charge is 0.396 e. The van der Waals surface area contributed by atoms with Crippen LogP contribution >= 0.6 is 0 Å². The highest BCUT2D eigenvalue weighted by Gasteiger charge is 1.91. The van der Waals surface area contributed by atoms with Gasteiger partial charge in [0.05, 0.1) is 0 Å². The second-order valence-corrected chi connectivity index (χ2v) is 5.66. The van der Waals surface area contributed by atoms with E-state index in [0.29, 0.717) is 6.61 Å². The van der Waals surface area contributed by atoms with Crippen LogP contribution in [0.25, 0.3) is 0 Å². The summed E-state index contributed by atoms with van der Waals surface area (Å²) < 4.78 is 0. The maximum Gasteiger partial charge on any atom is 0.0431 e. The summed E-state index contributed by atoms with van der Waals surface area (Å²) in [5.74, 6) is 0. The lowest BCUT2D eigenvalue weighted by atomic mass is 10.1. The standard InChI is InChI=1S/C18H36O/c1-2-3-4-5-6-7-8-9-10-11-12-13-14-15-16-17-18-19/h13-14,19H,2-12,15-18H2,1H3/b14-13-. The average molecular weight is 268 g/mol. The van der Waals surface area contributed by atoms with Crippen molar-refractivity contribution in [3.05, 3.63) is 12.2 Å². The van der Waals surface area contributed by atoms with Gasteiger partial charge in [-0.3, -0.25) is 0 Å². The lowest BCUT2D eigenvalue weighted by Gasteiger charge is -2.01. The fourth-order valence-electron chi connectivity index (χ4n) is 2.36. The summed E-state index contributed by atoms with van der Waals surface area (Å²) in [6.07, 6.45) is 23.2. The van der Waals surface area contributed by atoms with Gasteiger partial charge in [-0.25, -0.2) is 0 Å². The Balaban J connectivity index is 2.98. The van der Waals surface area contributed by atoms with Crippen molar-refractivity contribution in [1.29, 1.82) is 0 Å². The van der Waals surface area contributed by atoms with Gasteiger partial charge in [-0.15, -0.1) is 0 Å². The molecule has 19 heavy (non-hydrogen) atoms. The van der Waals surface area contributed by atoms with Crippen molar-refractivity contribution in [3.8, 4) is 0 Å². The molecule has 0 aliphatic heterocycles. The quantitative estimate of drug-likeness (QED) is 0.284.